The number of ether oxygens (including phenoxy) is 2. The van der Waals surface area contributed by atoms with E-state index in [9.17, 15) is 4.57 Å². The molecule has 0 aliphatic carbocycles. The molecular weight excluding hydrogens is 351 g/mol. The number of nitrogen functional groups attached to an aromatic ring is 1. The number of nitrogens with two attached hydrogens (primary N) is 1. The summed E-state index contributed by atoms with van der Waals surface area (Å²) in [5.41, 5.74) is 6.45. The molecular formula is C9H14N5Na2O6P+2. The fourth-order valence-corrected chi connectivity index (χ4v) is 1.85. The van der Waals surface area contributed by atoms with E-state index in [0.717, 1.165) is 0 Å². The van der Waals surface area contributed by atoms with E-state index in [1.165, 1.54) is 17.2 Å². The van der Waals surface area contributed by atoms with Gasteiger partial charge in [0.25, 0.3) is 0 Å². The fourth-order valence-electron chi connectivity index (χ4n) is 1.49. The average molecular weight is 365 g/mol. The van der Waals surface area contributed by atoms with Gasteiger partial charge in [-0.15, -0.1) is 0 Å². The Bertz CT molecular complexity index is 667. The molecule has 0 spiro atoms. The van der Waals surface area contributed by atoms with Crippen LogP contribution >= 0.6 is 7.60 Å². The predicted molar refractivity (Wildman–Crippen MR) is 69.7 cm³/mol. The van der Waals surface area contributed by atoms with Gasteiger partial charge in [0, 0.05) is 0 Å². The number of aromatic nitrogens is 4. The Morgan fingerprint density at radius 3 is 2.57 bits per heavy atom. The smallest absolute Gasteiger partial charge is 0.391 e. The zero-order chi connectivity index (χ0) is 15.5. The first-order valence-electron chi connectivity index (χ1n) is 5.70. The van der Waals surface area contributed by atoms with E-state index >= 15 is 0 Å². The Balaban J connectivity index is 0.00000242. The van der Waals surface area contributed by atoms with Crippen LogP contribution in [0.2, 0.25) is 0 Å². The molecule has 0 saturated heterocycles. The minimum atomic E-state index is -4.33. The largest absolute Gasteiger partial charge is 1.00 e. The van der Waals surface area contributed by atoms with Crippen molar-refractivity contribution >= 4 is 24.6 Å². The van der Waals surface area contributed by atoms with Gasteiger partial charge in [0.15, 0.2) is 24.1 Å². The summed E-state index contributed by atoms with van der Waals surface area (Å²) in [6.45, 7) is -0.664. The minimum Gasteiger partial charge on any atom is -0.391 e. The summed E-state index contributed by atoms with van der Waals surface area (Å²) in [6, 6.07) is 0. The van der Waals surface area contributed by atoms with Crippen LogP contribution in [-0.4, -0.2) is 53.7 Å². The van der Waals surface area contributed by atoms with Gasteiger partial charge in [-0.2, -0.15) is 0 Å². The SMILES string of the molecule is Nc1ncnc2c1ncn2COC(CO)OCP(=O)(O)O.[Na+].[Na+]. The summed E-state index contributed by atoms with van der Waals surface area (Å²) in [5.74, 6) is 0.218. The Kier molecular flexibility index (Phi) is 10.6. The Morgan fingerprint density at radius 2 is 1.96 bits per heavy atom. The maximum absolute atomic E-state index is 10.7. The van der Waals surface area contributed by atoms with Crippen molar-refractivity contribution in [3.05, 3.63) is 12.7 Å². The van der Waals surface area contributed by atoms with Crippen LogP contribution < -0.4 is 64.8 Å². The molecule has 0 aliphatic heterocycles. The first-order valence-corrected chi connectivity index (χ1v) is 7.50. The molecule has 23 heavy (non-hydrogen) atoms. The normalized spacial score (nSPS) is 12.5. The molecule has 14 heteroatoms. The van der Waals surface area contributed by atoms with Crippen molar-refractivity contribution in [2.45, 2.75) is 13.0 Å². The summed E-state index contributed by atoms with van der Waals surface area (Å²) >= 11 is 0. The molecule has 0 aromatic carbocycles. The van der Waals surface area contributed by atoms with Crippen molar-refractivity contribution in [3.8, 4) is 0 Å². The maximum atomic E-state index is 10.7. The molecule has 11 nitrogen and oxygen atoms in total. The number of aliphatic hydroxyl groups is 1. The maximum Gasteiger partial charge on any atom is 1.00 e. The molecule has 2 aromatic rings. The number of hydrogen-bond donors (Lipinski definition) is 4. The number of imidazole rings is 1. The molecule has 0 amide bonds. The van der Waals surface area contributed by atoms with Gasteiger partial charge < -0.3 is 30.1 Å². The number of nitrogens with zero attached hydrogens (tertiary/aromatic N) is 4. The molecule has 5 N–H and O–H groups in total. The first-order chi connectivity index (χ1) is 9.90. The van der Waals surface area contributed by atoms with Crippen molar-refractivity contribution in [3.63, 3.8) is 0 Å². The third-order valence-electron chi connectivity index (χ3n) is 2.41. The Hall–Kier alpha value is 0.380. The average Bonchev–Trinajstić information content (AvgIpc) is 2.83. The number of aliphatic hydroxyl groups excluding tert-OH is 1. The number of rotatable bonds is 7. The summed E-state index contributed by atoms with van der Waals surface area (Å²) in [4.78, 5) is 29.2. The van der Waals surface area contributed by atoms with Crippen LogP contribution in [0.5, 0.6) is 0 Å². The molecule has 1 atom stereocenters. The molecule has 2 heterocycles. The summed E-state index contributed by atoms with van der Waals surface area (Å²) in [5, 5.41) is 9.04. The van der Waals surface area contributed by atoms with Crippen LogP contribution in [0.1, 0.15) is 0 Å². The van der Waals surface area contributed by atoms with Crippen LogP contribution in [0, 0.1) is 0 Å². The van der Waals surface area contributed by atoms with Crippen molar-refractivity contribution in [2.75, 3.05) is 18.7 Å². The monoisotopic (exact) mass is 365 g/mol. The number of anilines is 1. The molecule has 116 valence electrons. The second-order valence-electron chi connectivity index (χ2n) is 4.01. The molecule has 0 fully saturated rings. The summed E-state index contributed by atoms with van der Waals surface area (Å²) in [6.07, 6.45) is 0.642. The van der Waals surface area contributed by atoms with Crippen LogP contribution in [0.3, 0.4) is 0 Å². The summed E-state index contributed by atoms with van der Waals surface area (Å²) < 4.78 is 22.1. The van der Waals surface area contributed by atoms with Crippen molar-refractivity contribution < 1.29 is 88.0 Å². The standard InChI is InChI=1S/C9H14N5O6P.2Na/c10-8-7-9(12-2-11-8)14(3-13-7)4-19-6(1-15)20-5-21(16,17)18;;/h2-3,6,15H,1,4-5H2,(H2,10,11,12)(H2,16,17,18);;/q;2*+1. The third kappa shape index (κ3) is 7.02. The Labute approximate surface area is 175 Å². The van der Waals surface area contributed by atoms with Gasteiger partial charge in [0.1, 0.15) is 18.6 Å². The van der Waals surface area contributed by atoms with E-state index in [0.29, 0.717) is 11.2 Å². The van der Waals surface area contributed by atoms with E-state index in [1.807, 2.05) is 0 Å². The topological polar surface area (TPSA) is 166 Å². The van der Waals surface area contributed by atoms with Gasteiger partial charge in [0.05, 0.1) is 12.9 Å². The second kappa shape index (κ2) is 10.4. The molecule has 2 rings (SSSR count). The molecule has 0 saturated carbocycles. The van der Waals surface area contributed by atoms with Crippen molar-refractivity contribution in [1.29, 1.82) is 0 Å². The zero-order valence-electron chi connectivity index (χ0n) is 12.7. The van der Waals surface area contributed by atoms with E-state index in [2.05, 4.69) is 15.0 Å². The first kappa shape index (κ1) is 23.4. The predicted octanol–water partition coefficient (Wildman–Crippen LogP) is -7.14. The second-order valence-corrected chi connectivity index (χ2v) is 5.60. The zero-order valence-corrected chi connectivity index (χ0v) is 17.6. The van der Waals surface area contributed by atoms with Crippen LogP contribution in [0.25, 0.3) is 11.2 Å². The number of fused-ring (bicyclic) bond motifs is 1. The molecule has 0 bridgehead atoms. The van der Waals surface area contributed by atoms with Crippen molar-refractivity contribution in [2.24, 2.45) is 0 Å². The van der Waals surface area contributed by atoms with Gasteiger partial charge in [0.2, 0.25) is 0 Å². The summed E-state index contributed by atoms with van der Waals surface area (Å²) in [7, 11) is -4.33. The van der Waals surface area contributed by atoms with E-state index in [4.69, 9.17) is 30.1 Å². The van der Waals surface area contributed by atoms with Gasteiger partial charge in [-0.25, -0.2) is 15.0 Å². The molecule has 0 radical (unpaired) electrons. The Morgan fingerprint density at radius 1 is 1.26 bits per heavy atom. The van der Waals surface area contributed by atoms with Crippen molar-refractivity contribution in [1.82, 2.24) is 19.5 Å². The quantitative estimate of drug-likeness (QED) is 0.210. The fraction of sp³-hybridized carbons (Fsp3) is 0.444. The van der Waals surface area contributed by atoms with Gasteiger partial charge >= 0.3 is 66.7 Å². The van der Waals surface area contributed by atoms with E-state index in [1.54, 1.807) is 0 Å². The third-order valence-corrected chi connectivity index (χ3v) is 2.89. The van der Waals surface area contributed by atoms with Crippen LogP contribution in [0.4, 0.5) is 5.82 Å². The molecule has 2 aromatic heterocycles. The van der Waals surface area contributed by atoms with E-state index in [-0.39, 0.29) is 71.7 Å². The van der Waals surface area contributed by atoms with Gasteiger partial charge in [-0.1, -0.05) is 0 Å². The molecule has 1 unspecified atom stereocenters. The molecule has 0 aliphatic rings. The van der Waals surface area contributed by atoms with Crippen LogP contribution in [-0.2, 0) is 20.8 Å². The number of hydrogen-bond acceptors (Lipinski definition) is 8. The van der Waals surface area contributed by atoms with Crippen LogP contribution in [0.15, 0.2) is 12.7 Å². The minimum absolute atomic E-state index is 0. The van der Waals surface area contributed by atoms with Gasteiger partial charge in [-0.3, -0.25) is 9.13 Å². The van der Waals surface area contributed by atoms with E-state index < -0.39 is 26.8 Å². The van der Waals surface area contributed by atoms with Gasteiger partial charge in [-0.05, 0) is 0 Å².